The number of benzene rings is 3. The number of anilines is 2. The Hall–Kier alpha value is -3.65. The molecule has 0 aliphatic heterocycles. The molecule has 3 rings (SSSR count). The lowest BCUT2D eigenvalue weighted by Crippen LogP contribution is -2.18. The van der Waals surface area contributed by atoms with Crippen molar-refractivity contribution in [1.82, 2.24) is 0 Å². The first-order valence-corrected chi connectivity index (χ1v) is 10.9. The Balaban J connectivity index is 1.89. The van der Waals surface area contributed by atoms with Gasteiger partial charge in [0.1, 0.15) is 0 Å². The minimum Gasteiger partial charge on any atom is -0.465 e. The largest absolute Gasteiger partial charge is 0.465 e. The molecule has 0 aromatic heterocycles. The van der Waals surface area contributed by atoms with Gasteiger partial charge in [0.25, 0.3) is 15.9 Å². The smallest absolute Gasteiger partial charge is 0.339 e. The monoisotopic (exact) mass is 438 g/mol. The number of methoxy groups -OCH3 is 1. The van der Waals surface area contributed by atoms with Gasteiger partial charge in [0, 0.05) is 11.3 Å². The number of esters is 1. The van der Waals surface area contributed by atoms with Gasteiger partial charge in [-0.15, -0.1) is 0 Å². The summed E-state index contributed by atoms with van der Waals surface area (Å²) in [6, 6.07) is 17.7. The van der Waals surface area contributed by atoms with Gasteiger partial charge in [0.05, 0.1) is 23.3 Å². The molecule has 0 radical (unpaired) electrons. The molecule has 0 heterocycles. The predicted molar refractivity (Wildman–Crippen MR) is 119 cm³/mol. The lowest BCUT2D eigenvalue weighted by molar-refractivity contribution is 0.0602. The number of rotatable bonds is 6. The maximum atomic E-state index is 12.9. The van der Waals surface area contributed by atoms with Crippen molar-refractivity contribution >= 4 is 33.3 Å². The third kappa shape index (κ3) is 5.10. The van der Waals surface area contributed by atoms with Crippen LogP contribution in [0.15, 0.2) is 71.6 Å². The van der Waals surface area contributed by atoms with Crippen molar-refractivity contribution < 1.29 is 22.7 Å². The van der Waals surface area contributed by atoms with Gasteiger partial charge in [0.2, 0.25) is 0 Å². The van der Waals surface area contributed by atoms with Gasteiger partial charge in [0.15, 0.2) is 0 Å². The second kappa shape index (κ2) is 9.01. The van der Waals surface area contributed by atoms with Gasteiger partial charge in [-0.1, -0.05) is 35.9 Å². The number of carbonyl (C=O) groups excluding carboxylic acids is 2. The van der Waals surface area contributed by atoms with Crippen LogP contribution in [0.3, 0.4) is 0 Å². The highest BCUT2D eigenvalue weighted by atomic mass is 32.2. The normalized spacial score (nSPS) is 10.9. The van der Waals surface area contributed by atoms with Crippen LogP contribution in [0, 0.1) is 13.8 Å². The summed E-state index contributed by atoms with van der Waals surface area (Å²) in [5.74, 6) is -1.14. The number of amides is 1. The number of carbonyl (C=O) groups is 2. The second-order valence-corrected chi connectivity index (χ2v) is 8.59. The number of hydrogen-bond donors (Lipinski definition) is 2. The fourth-order valence-electron chi connectivity index (χ4n) is 2.94. The van der Waals surface area contributed by atoms with Gasteiger partial charge in [-0.3, -0.25) is 9.52 Å². The summed E-state index contributed by atoms with van der Waals surface area (Å²) >= 11 is 0. The lowest BCUT2D eigenvalue weighted by atomic mass is 10.1. The van der Waals surface area contributed by atoms with Crippen LogP contribution in [0.25, 0.3) is 0 Å². The fraction of sp³-hybridized carbons (Fsp3) is 0.130. The fourth-order valence-corrected chi connectivity index (χ4v) is 4.27. The van der Waals surface area contributed by atoms with Crippen LogP contribution in [0.2, 0.25) is 0 Å². The third-order valence-electron chi connectivity index (χ3n) is 4.62. The molecule has 0 spiro atoms. The van der Waals surface area contributed by atoms with Crippen LogP contribution in [-0.2, 0) is 14.8 Å². The Morgan fingerprint density at radius 2 is 1.58 bits per heavy atom. The zero-order valence-electron chi connectivity index (χ0n) is 17.3. The summed E-state index contributed by atoms with van der Waals surface area (Å²) in [7, 11) is -2.67. The summed E-state index contributed by atoms with van der Waals surface area (Å²) in [6.07, 6.45) is 0. The van der Waals surface area contributed by atoms with E-state index in [0.29, 0.717) is 11.3 Å². The molecule has 0 saturated carbocycles. The molecule has 8 heteroatoms. The molecule has 2 N–H and O–H groups in total. The second-order valence-electron chi connectivity index (χ2n) is 6.94. The minimum absolute atomic E-state index is 0.0121. The van der Waals surface area contributed by atoms with Gasteiger partial charge < -0.3 is 10.1 Å². The van der Waals surface area contributed by atoms with Gasteiger partial charge in [-0.2, -0.15) is 0 Å². The van der Waals surface area contributed by atoms with Crippen LogP contribution >= 0.6 is 0 Å². The van der Waals surface area contributed by atoms with Crippen LogP contribution in [-0.4, -0.2) is 27.4 Å². The van der Waals surface area contributed by atoms with E-state index in [-0.39, 0.29) is 21.7 Å². The van der Waals surface area contributed by atoms with Gasteiger partial charge in [-0.05, 0) is 55.8 Å². The highest BCUT2D eigenvalue weighted by Crippen LogP contribution is 2.23. The van der Waals surface area contributed by atoms with E-state index in [1.165, 1.54) is 25.3 Å². The van der Waals surface area contributed by atoms with Gasteiger partial charge >= 0.3 is 5.97 Å². The summed E-state index contributed by atoms with van der Waals surface area (Å²) in [5.41, 5.74) is 2.51. The Bertz CT molecular complexity index is 1240. The Kier molecular flexibility index (Phi) is 6.41. The molecular formula is C23H22N2O5S. The number of sulfonamides is 1. The molecule has 0 atom stereocenters. The Morgan fingerprint density at radius 3 is 2.26 bits per heavy atom. The summed E-state index contributed by atoms with van der Waals surface area (Å²) in [5, 5.41) is 2.64. The molecule has 3 aromatic rings. The first-order valence-electron chi connectivity index (χ1n) is 9.40. The first kappa shape index (κ1) is 22.0. The number of aryl methyl sites for hydroxylation is 2. The van der Waals surface area contributed by atoms with Crippen molar-refractivity contribution in [1.29, 1.82) is 0 Å². The van der Waals surface area contributed by atoms with Crippen molar-refractivity contribution in [2.24, 2.45) is 0 Å². The maximum Gasteiger partial charge on any atom is 0.339 e. The summed E-state index contributed by atoms with van der Waals surface area (Å²) < 4.78 is 33.1. The number of para-hydroxylation sites is 1. The van der Waals surface area contributed by atoms with Crippen molar-refractivity contribution in [2.75, 3.05) is 17.1 Å². The van der Waals surface area contributed by atoms with Crippen molar-refractivity contribution in [3.63, 3.8) is 0 Å². The summed E-state index contributed by atoms with van der Waals surface area (Å²) in [6.45, 7) is 3.56. The molecule has 31 heavy (non-hydrogen) atoms. The van der Waals surface area contributed by atoms with E-state index < -0.39 is 21.9 Å². The molecule has 0 aliphatic rings. The third-order valence-corrected chi connectivity index (χ3v) is 6.15. The van der Waals surface area contributed by atoms with E-state index in [0.717, 1.165) is 5.56 Å². The average Bonchev–Trinajstić information content (AvgIpc) is 2.75. The standard InChI is InChI=1S/C23H22N2O5S/c1-15-8-12-18(13-9-15)25-31(28,29)21-14-17(11-10-16(21)2)22(26)24-20-7-5-4-6-19(20)23(27)30-3/h4-14,25H,1-3H3,(H,24,26). The molecule has 0 aliphatic carbocycles. The van der Waals surface area contributed by atoms with Crippen LogP contribution in [0.4, 0.5) is 11.4 Å². The number of ether oxygens (including phenoxy) is 1. The van der Waals surface area contributed by atoms with Crippen LogP contribution < -0.4 is 10.0 Å². The molecule has 3 aromatic carbocycles. The van der Waals surface area contributed by atoms with E-state index in [1.54, 1.807) is 55.5 Å². The Labute approximate surface area is 181 Å². The average molecular weight is 439 g/mol. The van der Waals surface area contributed by atoms with Crippen molar-refractivity contribution in [2.45, 2.75) is 18.7 Å². The van der Waals surface area contributed by atoms with E-state index in [2.05, 4.69) is 10.0 Å². The van der Waals surface area contributed by atoms with E-state index >= 15 is 0 Å². The van der Waals surface area contributed by atoms with Crippen LogP contribution in [0.1, 0.15) is 31.8 Å². The van der Waals surface area contributed by atoms with E-state index in [9.17, 15) is 18.0 Å². The molecule has 1 amide bonds. The molecule has 7 nitrogen and oxygen atoms in total. The summed E-state index contributed by atoms with van der Waals surface area (Å²) in [4.78, 5) is 24.7. The molecule has 0 unspecified atom stereocenters. The highest BCUT2D eigenvalue weighted by Gasteiger charge is 2.20. The first-order chi connectivity index (χ1) is 14.7. The van der Waals surface area contributed by atoms with Crippen LogP contribution in [0.5, 0.6) is 0 Å². The maximum absolute atomic E-state index is 12.9. The molecular weight excluding hydrogens is 416 g/mol. The quantitative estimate of drug-likeness (QED) is 0.563. The Morgan fingerprint density at radius 1 is 0.903 bits per heavy atom. The lowest BCUT2D eigenvalue weighted by Gasteiger charge is -2.13. The molecule has 0 saturated heterocycles. The molecule has 160 valence electrons. The molecule has 0 bridgehead atoms. The zero-order chi connectivity index (χ0) is 22.6. The van der Waals surface area contributed by atoms with Crippen molar-refractivity contribution in [3.05, 3.63) is 89.0 Å². The minimum atomic E-state index is -3.92. The van der Waals surface area contributed by atoms with Gasteiger partial charge in [-0.25, -0.2) is 13.2 Å². The highest BCUT2D eigenvalue weighted by molar-refractivity contribution is 7.92. The zero-order valence-corrected chi connectivity index (χ0v) is 18.1. The van der Waals surface area contributed by atoms with Crippen molar-refractivity contribution in [3.8, 4) is 0 Å². The SMILES string of the molecule is COC(=O)c1ccccc1NC(=O)c1ccc(C)c(S(=O)(=O)Nc2ccc(C)cc2)c1. The number of nitrogens with one attached hydrogen (secondary N) is 2. The topological polar surface area (TPSA) is 102 Å². The van der Waals surface area contributed by atoms with E-state index in [1.807, 2.05) is 6.92 Å². The van der Waals surface area contributed by atoms with E-state index in [4.69, 9.17) is 4.74 Å². The number of hydrogen-bond acceptors (Lipinski definition) is 5. The molecule has 0 fully saturated rings. The predicted octanol–water partition coefficient (Wildman–Crippen LogP) is 4.14.